The summed E-state index contributed by atoms with van der Waals surface area (Å²) in [5.41, 5.74) is -0.0881. The highest BCUT2D eigenvalue weighted by Crippen LogP contribution is 2.50. The Bertz CT molecular complexity index is 222. The molecular formula is C8H16NOPS. The predicted octanol–water partition coefficient (Wildman–Crippen LogP) is 2.74. The Balaban J connectivity index is 4.39. The molecule has 2 atom stereocenters. The zero-order chi connectivity index (χ0) is 9.78. The van der Waals surface area contributed by atoms with E-state index in [1.54, 1.807) is 0 Å². The molecule has 0 saturated carbocycles. The van der Waals surface area contributed by atoms with Crippen molar-refractivity contribution in [2.24, 2.45) is 0 Å². The van der Waals surface area contributed by atoms with Crippen LogP contribution in [0.2, 0.25) is 0 Å². The Labute approximate surface area is 80.0 Å². The van der Waals surface area contributed by atoms with Gasteiger partial charge in [-0.05, 0) is 26.9 Å². The van der Waals surface area contributed by atoms with Crippen LogP contribution in [0.3, 0.4) is 0 Å². The summed E-state index contributed by atoms with van der Waals surface area (Å²) in [6.07, 6.45) is -0.970. The minimum atomic E-state index is -1.89. The summed E-state index contributed by atoms with van der Waals surface area (Å²) in [6.45, 7) is 7.78. The molecule has 0 spiro atoms. The molecule has 4 heteroatoms. The van der Waals surface area contributed by atoms with Gasteiger partial charge in [0, 0.05) is 0 Å². The molecule has 0 aliphatic rings. The van der Waals surface area contributed by atoms with Crippen molar-refractivity contribution in [3.8, 4) is 6.07 Å². The predicted molar refractivity (Wildman–Crippen MR) is 56.1 cm³/mol. The average molecular weight is 205 g/mol. The molecule has 0 aliphatic carbocycles. The fourth-order valence-electron chi connectivity index (χ4n) is 1.02. The highest BCUT2D eigenvalue weighted by Gasteiger charge is 2.23. The Hall–Kier alpha value is 0.100. The lowest BCUT2D eigenvalue weighted by Crippen LogP contribution is -2.10. The standard InChI is InChI=1S/C8H16NOPS/c1-5-8(6-9)11(4,12)10-7(2)3/h7-8H,5H2,1-4H3/t8-,11+/m1/s1. The maximum Gasteiger partial charge on any atom is 0.0971 e. The van der Waals surface area contributed by atoms with E-state index in [-0.39, 0.29) is 11.8 Å². The van der Waals surface area contributed by atoms with E-state index in [1.807, 2.05) is 27.4 Å². The lowest BCUT2D eigenvalue weighted by atomic mass is 10.4. The van der Waals surface area contributed by atoms with Gasteiger partial charge in [0.1, 0.15) is 0 Å². The van der Waals surface area contributed by atoms with Crippen LogP contribution in [0.15, 0.2) is 0 Å². The Kier molecular flexibility index (Phi) is 5.01. The molecule has 0 N–H and O–H groups in total. The average Bonchev–Trinajstić information content (AvgIpc) is 1.85. The number of hydrogen-bond acceptors (Lipinski definition) is 3. The highest BCUT2D eigenvalue weighted by atomic mass is 32.4. The van der Waals surface area contributed by atoms with Crippen molar-refractivity contribution in [3.63, 3.8) is 0 Å². The third kappa shape index (κ3) is 3.67. The van der Waals surface area contributed by atoms with E-state index in [4.69, 9.17) is 21.6 Å². The van der Waals surface area contributed by atoms with E-state index < -0.39 is 6.26 Å². The van der Waals surface area contributed by atoms with E-state index in [1.165, 1.54) is 0 Å². The van der Waals surface area contributed by atoms with Gasteiger partial charge in [-0.3, -0.25) is 0 Å². The smallest absolute Gasteiger partial charge is 0.0971 e. The SMILES string of the molecule is CC[C@H](C#N)[P@](C)(=S)OC(C)C. The lowest BCUT2D eigenvalue weighted by Gasteiger charge is -2.23. The van der Waals surface area contributed by atoms with Crippen LogP contribution >= 0.6 is 6.26 Å². The van der Waals surface area contributed by atoms with Gasteiger partial charge in [0.2, 0.25) is 0 Å². The van der Waals surface area contributed by atoms with Gasteiger partial charge < -0.3 is 4.52 Å². The second-order valence-corrected chi connectivity index (χ2v) is 7.94. The summed E-state index contributed by atoms with van der Waals surface area (Å²) in [5.74, 6) is 0. The largest absolute Gasteiger partial charge is 0.347 e. The second kappa shape index (κ2) is 4.97. The molecule has 0 radical (unpaired) electrons. The molecule has 70 valence electrons. The van der Waals surface area contributed by atoms with Gasteiger partial charge in [0.15, 0.2) is 0 Å². The molecule has 0 rings (SSSR count). The first-order valence-corrected chi connectivity index (χ1v) is 7.33. The first-order valence-electron chi connectivity index (χ1n) is 4.09. The second-order valence-electron chi connectivity index (χ2n) is 3.12. The van der Waals surface area contributed by atoms with Crippen molar-refractivity contribution < 1.29 is 4.52 Å². The van der Waals surface area contributed by atoms with Crippen molar-refractivity contribution in [3.05, 3.63) is 0 Å². The molecule has 0 fully saturated rings. The van der Waals surface area contributed by atoms with Crippen LogP contribution in [-0.4, -0.2) is 18.4 Å². The van der Waals surface area contributed by atoms with Crippen LogP contribution in [0.4, 0.5) is 0 Å². The van der Waals surface area contributed by atoms with Crippen LogP contribution in [-0.2, 0) is 16.3 Å². The monoisotopic (exact) mass is 205 g/mol. The molecule has 0 aliphatic heterocycles. The van der Waals surface area contributed by atoms with E-state index >= 15 is 0 Å². The highest BCUT2D eigenvalue weighted by molar-refractivity contribution is 8.12. The fourth-order valence-corrected chi connectivity index (χ4v) is 3.98. The Morgan fingerprint density at radius 1 is 1.58 bits per heavy atom. The summed E-state index contributed by atoms with van der Waals surface area (Å²) in [6, 6.07) is 2.22. The summed E-state index contributed by atoms with van der Waals surface area (Å²) < 4.78 is 5.59. The van der Waals surface area contributed by atoms with Crippen molar-refractivity contribution in [1.82, 2.24) is 0 Å². The van der Waals surface area contributed by atoms with Gasteiger partial charge in [-0.15, -0.1) is 0 Å². The minimum Gasteiger partial charge on any atom is -0.347 e. The van der Waals surface area contributed by atoms with E-state index in [2.05, 4.69) is 6.07 Å². The molecule has 0 heterocycles. The van der Waals surface area contributed by atoms with Crippen molar-refractivity contribution >= 4 is 18.1 Å². The number of nitrogens with zero attached hydrogens (tertiary/aromatic N) is 1. The molecule has 0 aromatic carbocycles. The normalized spacial score (nSPS) is 18.3. The molecule has 2 nitrogen and oxygen atoms in total. The van der Waals surface area contributed by atoms with Crippen LogP contribution in [0, 0.1) is 11.3 Å². The summed E-state index contributed by atoms with van der Waals surface area (Å²) in [7, 11) is 0. The van der Waals surface area contributed by atoms with Gasteiger partial charge >= 0.3 is 0 Å². The van der Waals surface area contributed by atoms with Crippen LogP contribution in [0.1, 0.15) is 27.2 Å². The van der Waals surface area contributed by atoms with E-state index in [9.17, 15) is 0 Å². The minimum absolute atomic E-state index is 0.0881. The van der Waals surface area contributed by atoms with Crippen molar-refractivity contribution in [2.75, 3.05) is 6.66 Å². The molecule has 0 saturated heterocycles. The molecular weight excluding hydrogens is 189 g/mol. The molecule has 0 aromatic heterocycles. The summed E-state index contributed by atoms with van der Waals surface area (Å²) >= 11 is 5.31. The van der Waals surface area contributed by atoms with Gasteiger partial charge in [0.05, 0.1) is 24.1 Å². The number of hydrogen-bond donors (Lipinski definition) is 0. The molecule has 0 unspecified atom stereocenters. The van der Waals surface area contributed by atoms with Gasteiger partial charge in [-0.2, -0.15) is 5.26 Å². The molecule has 0 bridgehead atoms. The van der Waals surface area contributed by atoms with Crippen molar-refractivity contribution in [2.45, 2.75) is 39.0 Å². The maximum atomic E-state index is 8.81. The quantitative estimate of drug-likeness (QED) is 0.661. The van der Waals surface area contributed by atoms with Crippen molar-refractivity contribution in [1.29, 1.82) is 5.26 Å². The van der Waals surface area contributed by atoms with Crippen LogP contribution in [0.25, 0.3) is 0 Å². The number of nitriles is 1. The first kappa shape index (κ1) is 12.1. The summed E-state index contributed by atoms with van der Waals surface area (Å²) in [5, 5.41) is 8.81. The fraction of sp³-hybridized carbons (Fsp3) is 0.875. The molecule has 0 amide bonds. The first-order chi connectivity index (χ1) is 5.44. The lowest BCUT2D eigenvalue weighted by molar-refractivity contribution is 0.269. The molecule has 0 aromatic rings. The maximum absolute atomic E-state index is 8.81. The number of rotatable bonds is 4. The van der Waals surface area contributed by atoms with Gasteiger partial charge in [-0.25, -0.2) is 0 Å². The Morgan fingerprint density at radius 3 is 2.33 bits per heavy atom. The van der Waals surface area contributed by atoms with E-state index in [0.29, 0.717) is 0 Å². The van der Waals surface area contributed by atoms with Gasteiger partial charge in [-0.1, -0.05) is 18.7 Å². The van der Waals surface area contributed by atoms with Gasteiger partial charge in [0.25, 0.3) is 0 Å². The zero-order valence-electron chi connectivity index (χ0n) is 8.07. The molecule has 12 heavy (non-hydrogen) atoms. The summed E-state index contributed by atoms with van der Waals surface area (Å²) in [4.78, 5) is 0. The Morgan fingerprint density at radius 2 is 2.08 bits per heavy atom. The third-order valence-electron chi connectivity index (χ3n) is 1.52. The zero-order valence-corrected chi connectivity index (χ0v) is 9.78. The van der Waals surface area contributed by atoms with E-state index in [0.717, 1.165) is 6.42 Å². The van der Waals surface area contributed by atoms with Crippen LogP contribution < -0.4 is 0 Å². The topological polar surface area (TPSA) is 33.0 Å². The third-order valence-corrected chi connectivity index (χ3v) is 5.00. The van der Waals surface area contributed by atoms with Crippen LogP contribution in [0.5, 0.6) is 0 Å².